The van der Waals surface area contributed by atoms with Crippen LogP contribution < -0.4 is 11.1 Å². The second-order valence-electron chi connectivity index (χ2n) is 2.99. The summed E-state index contributed by atoms with van der Waals surface area (Å²) < 4.78 is 0. The molecule has 68 valence electrons. The Balaban J connectivity index is 3.22. The summed E-state index contributed by atoms with van der Waals surface area (Å²) in [6.45, 7) is 5.25. The largest absolute Gasteiger partial charge is 0.396 e. The van der Waals surface area contributed by atoms with Crippen LogP contribution in [-0.4, -0.2) is 30.3 Å². The van der Waals surface area contributed by atoms with E-state index in [2.05, 4.69) is 19.2 Å². The third-order valence-corrected chi connectivity index (χ3v) is 1.84. The molecule has 0 aromatic carbocycles. The number of hydrogen-bond donors (Lipinski definition) is 3. The van der Waals surface area contributed by atoms with Gasteiger partial charge < -0.3 is 16.2 Å². The van der Waals surface area contributed by atoms with Crippen LogP contribution in [0, 0.1) is 0 Å². The summed E-state index contributed by atoms with van der Waals surface area (Å²) >= 11 is 0. The smallest absolute Gasteiger partial charge is 0.0446 e. The summed E-state index contributed by atoms with van der Waals surface area (Å²) in [5, 5.41) is 11.8. The Bertz CT molecular complexity index is 88.2. The molecule has 4 N–H and O–H groups in total. The molecular weight excluding hydrogens is 140 g/mol. The van der Waals surface area contributed by atoms with Gasteiger partial charge in [-0.3, -0.25) is 0 Å². The van der Waals surface area contributed by atoms with Crippen molar-refractivity contribution >= 4 is 0 Å². The Kier molecular flexibility index (Phi) is 6.51. The summed E-state index contributed by atoms with van der Waals surface area (Å²) in [4.78, 5) is 0. The van der Waals surface area contributed by atoms with Crippen molar-refractivity contribution in [1.29, 1.82) is 0 Å². The quantitative estimate of drug-likeness (QED) is 0.516. The second kappa shape index (κ2) is 6.58. The first-order valence-corrected chi connectivity index (χ1v) is 4.30. The number of aliphatic hydroxyl groups is 1. The summed E-state index contributed by atoms with van der Waals surface area (Å²) in [7, 11) is 0. The van der Waals surface area contributed by atoms with E-state index in [0.29, 0.717) is 12.5 Å². The lowest BCUT2D eigenvalue weighted by atomic mass is 10.2. The van der Waals surface area contributed by atoms with E-state index in [1.165, 1.54) is 0 Å². The zero-order valence-corrected chi connectivity index (χ0v) is 7.51. The summed E-state index contributed by atoms with van der Waals surface area (Å²) in [6, 6.07) is 0.619. The van der Waals surface area contributed by atoms with Crippen LogP contribution in [-0.2, 0) is 0 Å². The van der Waals surface area contributed by atoms with Crippen molar-refractivity contribution < 1.29 is 5.11 Å². The topological polar surface area (TPSA) is 58.3 Å². The van der Waals surface area contributed by atoms with Crippen molar-refractivity contribution in [2.75, 3.05) is 13.2 Å². The molecule has 3 nitrogen and oxygen atoms in total. The van der Waals surface area contributed by atoms with E-state index in [1.807, 2.05) is 0 Å². The van der Waals surface area contributed by atoms with Crippen LogP contribution in [0.4, 0.5) is 0 Å². The Labute approximate surface area is 69.0 Å². The van der Waals surface area contributed by atoms with Crippen LogP contribution in [0.15, 0.2) is 0 Å². The fourth-order valence-corrected chi connectivity index (χ4v) is 0.765. The Morgan fingerprint density at radius 3 is 2.64 bits per heavy atom. The van der Waals surface area contributed by atoms with Crippen LogP contribution in [0.2, 0.25) is 0 Å². The maximum atomic E-state index is 8.55. The van der Waals surface area contributed by atoms with Crippen LogP contribution in [0.1, 0.15) is 26.7 Å². The summed E-state index contributed by atoms with van der Waals surface area (Å²) in [5.74, 6) is 0. The minimum Gasteiger partial charge on any atom is -0.396 e. The molecule has 3 heteroatoms. The molecule has 0 aliphatic heterocycles. The minimum atomic E-state index is 0.0917. The van der Waals surface area contributed by atoms with Gasteiger partial charge in [0.1, 0.15) is 0 Å². The van der Waals surface area contributed by atoms with Crippen LogP contribution in [0.5, 0.6) is 0 Å². The second-order valence-corrected chi connectivity index (χ2v) is 2.99. The van der Waals surface area contributed by atoms with E-state index in [-0.39, 0.29) is 12.6 Å². The maximum Gasteiger partial charge on any atom is 0.0446 e. The van der Waals surface area contributed by atoms with Gasteiger partial charge in [0.2, 0.25) is 0 Å². The first-order valence-electron chi connectivity index (χ1n) is 4.30. The molecule has 0 saturated heterocycles. The van der Waals surface area contributed by atoms with E-state index < -0.39 is 0 Å². The molecule has 0 amide bonds. The number of nitrogens with two attached hydrogens (primary N) is 1. The highest BCUT2D eigenvalue weighted by atomic mass is 16.3. The highest BCUT2D eigenvalue weighted by Gasteiger charge is 2.02. The van der Waals surface area contributed by atoms with Gasteiger partial charge in [-0.1, -0.05) is 6.92 Å². The molecule has 0 saturated carbocycles. The molecule has 0 aliphatic carbocycles. The molecule has 0 spiro atoms. The van der Waals surface area contributed by atoms with Crippen LogP contribution in [0.25, 0.3) is 0 Å². The highest BCUT2D eigenvalue weighted by Crippen LogP contribution is 1.89. The molecule has 1 unspecified atom stereocenters. The fourth-order valence-electron chi connectivity index (χ4n) is 0.765. The zero-order chi connectivity index (χ0) is 8.69. The van der Waals surface area contributed by atoms with Gasteiger partial charge in [0.05, 0.1) is 0 Å². The summed E-state index contributed by atoms with van der Waals surface area (Å²) in [5.41, 5.74) is 5.66. The Morgan fingerprint density at radius 2 is 2.18 bits per heavy atom. The number of hydrogen-bond acceptors (Lipinski definition) is 3. The predicted molar refractivity (Wildman–Crippen MR) is 47.4 cm³/mol. The molecule has 0 heterocycles. The fraction of sp³-hybridized carbons (Fsp3) is 1.00. The van der Waals surface area contributed by atoms with Gasteiger partial charge >= 0.3 is 0 Å². The summed E-state index contributed by atoms with van der Waals surface area (Å²) in [6.07, 6.45) is 1.80. The van der Waals surface area contributed by atoms with Gasteiger partial charge in [-0.25, -0.2) is 0 Å². The number of rotatable bonds is 6. The number of aliphatic hydroxyl groups excluding tert-OH is 1. The van der Waals surface area contributed by atoms with Crippen molar-refractivity contribution in [1.82, 2.24) is 5.32 Å². The van der Waals surface area contributed by atoms with Gasteiger partial charge in [-0.05, 0) is 19.8 Å². The van der Waals surface area contributed by atoms with Gasteiger partial charge in [0, 0.05) is 25.2 Å². The number of nitrogens with one attached hydrogen (secondary N) is 1. The lowest BCUT2D eigenvalue weighted by Crippen LogP contribution is -2.38. The first-order chi connectivity index (χ1) is 5.20. The third-order valence-electron chi connectivity index (χ3n) is 1.84. The van der Waals surface area contributed by atoms with Crippen molar-refractivity contribution in [3.05, 3.63) is 0 Å². The third kappa shape index (κ3) is 6.28. The molecule has 0 aromatic rings. The average Bonchev–Trinajstić information content (AvgIpc) is 2.01. The van der Waals surface area contributed by atoms with Crippen molar-refractivity contribution in [2.24, 2.45) is 5.73 Å². The Hall–Kier alpha value is -0.120. The molecule has 0 aliphatic rings. The van der Waals surface area contributed by atoms with Gasteiger partial charge in [-0.15, -0.1) is 0 Å². The van der Waals surface area contributed by atoms with Crippen LogP contribution >= 0.6 is 0 Å². The Morgan fingerprint density at radius 1 is 1.55 bits per heavy atom. The van der Waals surface area contributed by atoms with E-state index in [4.69, 9.17) is 10.8 Å². The zero-order valence-electron chi connectivity index (χ0n) is 7.51. The molecule has 0 fully saturated rings. The lowest BCUT2D eigenvalue weighted by molar-refractivity contribution is 0.272. The SMILES string of the molecule is CCC(C)NC[C@@H](N)CCO. The molecule has 0 rings (SSSR count). The normalized spacial score (nSPS) is 16.4. The van der Waals surface area contributed by atoms with E-state index in [9.17, 15) is 0 Å². The van der Waals surface area contributed by atoms with Crippen molar-refractivity contribution in [3.8, 4) is 0 Å². The van der Waals surface area contributed by atoms with Gasteiger partial charge in [0.25, 0.3) is 0 Å². The minimum absolute atomic E-state index is 0.0917. The highest BCUT2D eigenvalue weighted by molar-refractivity contribution is 4.66. The van der Waals surface area contributed by atoms with E-state index >= 15 is 0 Å². The molecule has 11 heavy (non-hydrogen) atoms. The van der Waals surface area contributed by atoms with E-state index in [0.717, 1.165) is 13.0 Å². The first kappa shape index (κ1) is 10.9. The van der Waals surface area contributed by atoms with Crippen molar-refractivity contribution in [2.45, 2.75) is 38.8 Å². The molecule has 0 aromatic heterocycles. The molecule has 0 bridgehead atoms. The standard InChI is InChI=1S/C8H20N2O/c1-3-7(2)10-6-8(9)4-5-11/h7-8,10-11H,3-6,9H2,1-2H3/t7?,8-/m0/s1. The average molecular weight is 160 g/mol. The predicted octanol–water partition coefficient (Wildman–Crippen LogP) is 0.0842. The molecular formula is C8H20N2O. The van der Waals surface area contributed by atoms with Crippen LogP contribution in [0.3, 0.4) is 0 Å². The maximum absolute atomic E-state index is 8.55. The van der Waals surface area contributed by atoms with Gasteiger partial charge in [-0.2, -0.15) is 0 Å². The van der Waals surface area contributed by atoms with Crippen molar-refractivity contribution in [3.63, 3.8) is 0 Å². The monoisotopic (exact) mass is 160 g/mol. The molecule has 0 radical (unpaired) electrons. The van der Waals surface area contributed by atoms with Gasteiger partial charge in [0.15, 0.2) is 0 Å². The van der Waals surface area contributed by atoms with E-state index in [1.54, 1.807) is 0 Å². The molecule has 2 atom stereocenters. The lowest BCUT2D eigenvalue weighted by Gasteiger charge is -2.15.